The number of anilines is 1. The number of hydrogen-bond acceptors (Lipinski definition) is 4. The molecule has 0 aliphatic heterocycles. The molecule has 0 aliphatic rings. The third-order valence-electron chi connectivity index (χ3n) is 4.73. The van der Waals surface area contributed by atoms with Gasteiger partial charge >= 0.3 is 0 Å². The van der Waals surface area contributed by atoms with Crippen LogP contribution in [0.4, 0.5) is 5.69 Å². The van der Waals surface area contributed by atoms with Crippen molar-refractivity contribution in [2.24, 2.45) is 0 Å². The fourth-order valence-electron chi connectivity index (χ4n) is 3.19. The Morgan fingerprint density at radius 1 is 1.10 bits per heavy atom. The van der Waals surface area contributed by atoms with Crippen molar-refractivity contribution in [3.63, 3.8) is 0 Å². The first kappa shape index (κ1) is 19.7. The molecule has 4 rings (SSSR count). The van der Waals surface area contributed by atoms with E-state index in [1.807, 2.05) is 71.6 Å². The summed E-state index contributed by atoms with van der Waals surface area (Å²) in [5.74, 6) is 1.45. The molecule has 0 saturated carbocycles. The monoisotopic (exact) mass is 419 g/mol. The number of H-pyrrole nitrogens is 1. The van der Waals surface area contributed by atoms with Crippen LogP contribution < -0.4 is 15.6 Å². The molecule has 2 aromatic carbocycles. The number of furan rings is 1. The van der Waals surface area contributed by atoms with Crippen LogP contribution in [0.5, 0.6) is 5.75 Å². The van der Waals surface area contributed by atoms with Gasteiger partial charge in [0.05, 0.1) is 32.0 Å². The molecule has 0 radical (unpaired) electrons. The van der Waals surface area contributed by atoms with Gasteiger partial charge in [-0.05, 0) is 60.1 Å². The summed E-state index contributed by atoms with van der Waals surface area (Å²) in [4.78, 5) is 17.6. The van der Waals surface area contributed by atoms with Crippen LogP contribution >= 0.6 is 12.2 Å². The molecular weight excluding hydrogens is 398 g/mol. The number of ether oxygens (including phenoxy) is 1. The normalized spacial score (nSPS) is 10.7. The Morgan fingerprint density at radius 2 is 1.93 bits per heavy atom. The lowest BCUT2D eigenvalue weighted by Gasteiger charge is -2.25. The number of hydrogen-bond donors (Lipinski definition) is 2. The molecule has 0 spiro atoms. The standard InChI is InChI=1S/C23H21N3O3S/c1-28-19-10-9-16-12-17(22(27)25-21(16)13-19)14-26(15-20-8-5-11-29-20)23(30)24-18-6-3-2-4-7-18/h2-13H,14-15H2,1H3,(H,24,30)(H,25,27). The van der Waals surface area contributed by atoms with E-state index in [0.29, 0.717) is 29.5 Å². The van der Waals surface area contributed by atoms with E-state index in [0.717, 1.165) is 22.4 Å². The fourth-order valence-corrected chi connectivity index (χ4v) is 3.44. The molecule has 0 bridgehead atoms. The van der Waals surface area contributed by atoms with Crippen molar-refractivity contribution in [3.8, 4) is 5.75 Å². The van der Waals surface area contributed by atoms with Gasteiger partial charge in [0.15, 0.2) is 5.11 Å². The van der Waals surface area contributed by atoms with E-state index in [1.165, 1.54) is 0 Å². The third kappa shape index (κ3) is 4.52. The van der Waals surface area contributed by atoms with E-state index in [2.05, 4.69) is 10.3 Å². The van der Waals surface area contributed by atoms with Gasteiger partial charge in [0, 0.05) is 17.3 Å². The molecule has 7 heteroatoms. The Bertz CT molecular complexity index is 1200. The maximum atomic E-state index is 12.7. The Kier molecular flexibility index (Phi) is 5.81. The summed E-state index contributed by atoms with van der Waals surface area (Å²) in [6, 6.07) is 20.9. The zero-order chi connectivity index (χ0) is 20.9. The molecule has 152 valence electrons. The van der Waals surface area contributed by atoms with E-state index in [9.17, 15) is 4.79 Å². The second-order valence-corrected chi connectivity index (χ2v) is 7.20. The summed E-state index contributed by atoms with van der Waals surface area (Å²) in [7, 11) is 1.60. The predicted molar refractivity (Wildman–Crippen MR) is 122 cm³/mol. The number of benzene rings is 2. The van der Waals surface area contributed by atoms with E-state index >= 15 is 0 Å². The van der Waals surface area contributed by atoms with Gasteiger partial charge in [0.1, 0.15) is 11.5 Å². The Morgan fingerprint density at radius 3 is 2.67 bits per heavy atom. The molecule has 4 aromatic rings. The first-order valence-corrected chi connectivity index (χ1v) is 9.86. The highest BCUT2D eigenvalue weighted by atomic mass is 32.1. The minimum Gasteiger partial charge on any atom is -0.497 e. The fraction of sp³-hybridized carbons (Fsp3) is 0.130. The Hall–Kier alpha value is -3.58. The summed E-state index contributed by atoms with van der Waals surface area (Å²) < 4.78 is 10.7. The van der Waals surface area contributed by atoms with Gasteiger partial charge in [-0.15, -0.1) is 0 Å². The van der Waals surface area contributed by atoms with Crippen LogP contribution in [-0.4, -0.2) is 22.1 Å². The first-order chi connectivity index (χ1) is 14.6. The van der Waals surface area contributed by atoms with Gasteiger partial charge in [-0.2, -0.15) is 0 Å². The van der Waals surface area contributed by atoms with Gasteiger partial charge in [-0.1, -0.05) is 18.2 Å². The maximum Gasteiger partial charge on any atom is 0.253 e. The SMILES string of the molecule is COc1ccc2cc(CN(Cc3ccco3)C(=S)Nc3ccccc3)c(=O)[nH]c2c1. The summed E-state index contributed by atoms with van der Waals surface area (Å²) in [6.45, 7) is 0.766. The zero-order valence-corrected chi connectivity index (χ0v) is 17.2. The van der Waals surface area contributed by atoms with Crippen LogP contribution in [0, 0.1) is 0 Å². The van der Waals surface area contributed by atoms with Crippen LogP contribution in [0.2, 0.25) is 0 Å². The Balaban J connectivity index is 1.63. The lowest BCUT2D eigenvalue weighted by Crippen LogP contribution is -2.35. The molecule has 2 heterocycles. The average Bonchev–Trinajstić information content (AvgIpc) is 3.27. The number of nitrogens with one attached hydrogen (secondary N) is 2. The molecule has 0 saturated heterocycles. The van der Waals surface area contributed by atoms with Crippen LogP contribution in [0.1, 0.15) is 11.3 Å². The number of rotatable bonds is 6. The molecule has 0 atom stereocenters. The lowest BCUT2D eigenvalue weighted by molar-refractivity contribution is 0.359. The average molecular weight is 420 g/mol. The second kappa shape index (κ2) is 8.84. The number of nitrogens with zero attached hydrogens (tertiary/aromatic N) is 1. The van der Waals surface area contributed by atoms with Crippen LogP contribution in [0.3, 0.4) is 0 Å². The molecular formula is C23H21N3O3S. The van der Waals surface area contributed by atoms with Crippen molar-refractivity contribution in [2.75, 3.05) is 12.4 Å². The highest BCUT2D eigenvalue weighted by Crippen LogP contribution is 2.20. The highest BCUT2D eigenvalue weighted by molar-refractivity contribution is 7.80. The topological polar surface area (TPSA) is 70.5 Å². The summed E-state index contributed by atoms with van der Waals surface area (Å²) in [5, 5.41) is 4.66. The number of thiocarbonyl (C=S) groups is 1. The number of para-hydroxylation sites is 1. The summed E-state index contributed by atoms with van der Waals surface area (Å²) in [5.41, 5.74) is 2.05. The Labute approximate surface area is 179 Å². The molecule has 0 unspecified atom stereocenters. The van der Waals surface area contributed by atoms with Gasteiger partial charge in [0.2, 0.25) is 0 Å². The third-order valence-corrected chi connectivity index (χ3v) is 5.09. The van der Waals surface area contributed by atoms with Crippen molar-refractivity contribution in [3.05, 3.63) is 94.7 Å². The smallest absolute Gasteiger partial charge is 0.253 e. The number of fused-ring (bicyclic) bond motifs is 1. The summed E-state index contributed by atoms with van der Waals surface area (Å²) in [6.07, 6.45) is 1.62. The molecule has 2 N–H and O–H groups in total. The van der Waals surface area contributed by atoms with Gasteiger partial charge in [-0.25, -0.2) is 0 Å². The van der Waals surface area contributed by atoms with Gasteiger partial charge < -0.3 is 24.4 Å². The number of pyridine rings is 1. The van der Waals surface area contributed by atoms with Gasteiger partial charge in [0.25, 0.3) is 5.56 Å². The maximum absolute atomic E-state index is 12.7. The largest absolute Gasteiger partial charge is 0.497 e. The minimum atomic E-state index is -0.164. The minimum absolute atomic E-state index is 0.164. The van der Waals surface area contributed by atoms with E-state index in [1.54, 1.807) is 13.4 Å². The van der Waals surface area contributed by atoms with Crippen molar-refractivity contribution < 1.29 is 9.15 Å². The van der Waals surface area contributed by atoms with Crippen LogP contribution in [0.25, 0.3) is 10.9 Å². The van der Waals surface area contributed by atoms with Gasteiger partial charge in [-0.3, -0.25) is 4.79 Å². The zero-order valence-electron chi connectivity index (χ0n) is 16.4. The van der Waals surface area contributed by atoms with Crippen LogP contribution in [-0.2, 0) is 13.1 Å². The van der Waals surface area contributed by atoms with E-state index in [4.69, 9.17) is 21.4 Å². The second-order valence-electron chi connectivity index (χ2n) is 6.81. The first-order valence-electron chi connectivity index (χ1n) is 9.46. The molecule has 30 heavy (non-hydrogen) atoms. The predicted octanol–water partition coefficient (Wildman–Crippen LogP) is 4.53. The lowest BCUT2D eigenvalue weighted by atomic mass is 10.1. The number of aromatic amines is 1. The van der Waals surface area contributed by atoms with E-state index in [-0.39, 0.29) is 5.56 Å². The van der Waals surface area contributed by atoms with Crippen molar-refractivity contribution in [1.29, 1.82) is 0 Å². The van der Waals surface area contributed by atoms with E-state index < -0.39 is 0 Å². The van der Waals surface area contributed by atoms with Crippen molar-refractivity contribution in [2.45, 2.75) is 13.1 Å². The molecule has 0 aliphatic carbocycles. The van der Waals surface area contributed by atoms with Crippen LogP contribution in [0.15, 0.2) is 82.2 Å². The number of aromatic nitrogens is 1. The van der Waals surface area contributed by atoms with Crippen molar-refractivity contribution in [1.82, 2.24) is 9.88 Å². The quantitative estimate of drug-likeness (QED) is 0.448. The molecule has 2 aromatic heterocycles. The number of methoxy groups -OCH3 is 1. The van der Waals surface area contributed by atoms with Crippen molar-refractivity contribution >= 4 is 33.9 Å². The highest BCUT2D eigenvalue weighted by Gasteiger charge is 2.16. The summed E-state index contributed by atoms with van der Waals surface area (Å²) >= 11 is 5.65. The molecule has 6 nitrogen and oxygen atoms in total. The molecule has 0 fully saturated rings. The molecule has 0 amide bonds.